The molecule has 4 heteroatoms. The first kappa shape index (κ1) is 11.0. The fourth-order valence-electron chi connectivity index (χ4n) is 1.93. The molecule has 2 rings (SSSR count). The maximum atomic E-state index is 5.26. The van der Waals surface area contributed by atoms with Gasteiger partial charge >= 0.3 is 0 Å². The van der Waals surface area contributed by atoms with Gasteiger partial charge < -0.3 is 9.73 Å². The highest BCUT2D eigenvalue weighted by Gasteiger charge is 2.13. The van der Waals surface area contributed by atoms with Gasteiger partial charge in [0.25, 0.3) is 5.22 Å². The minimum atomic E-state index is 0.761. The van der Waals surface area contributed by atoms with E-state index in [9.17, 15) is 0 Å². The molecule has 0 aliphatic heterocycles. The van der Waals surface area contributed by atoms with Gasteiger partial charge in [0, 0.05) is 18.3 Å². The van der Waals surface area contributed by atoms with Crippen LogP contribution in [0.25, 0.3) is 0 Å². The second kappa shape index (κ2) is 5.56. The Morgan fingerprint density at radius 1 is 1.53 bits per heavy atom. The molecule has 1 aromatic rings. The van der Waals surface area contributed by atoms with E-state index in [0.29, 0.717) is 0 Å². The zero-order valence-electron chi connectivity index (χ0n) is 9.16. The second-order valence-corrected chi connectivity index (χ2v) is 5.08. The lowest BCUT2D eigenvalue weighted by Crippen LogP contribution is -2.28. The van der Waals surface area contributed by atoms with Crippen molar-refractivity contribution in [3.8, 4) is 0 Å². The lowest BCUT2D eigenvalue weighted by atomic mass is 10.2. The third-order valence-electron chi connectivity index (χ3n) is 2.71. The Morgan fingerprint density at radius 3 is 3.00 bits per heavy atom. The lowest BCUT2D eigenvalue weighted by Gasteiger charge is -2.10. The molecule has 3 nitrogen and oxygen atoms in total. The smallest absolute Gasteiger partial charge is 0.255 e. The molecule has 0 spiro atoms. The van der Waals surface area contributed by atoms with Crippen LogP contribution in [0.15, 0.2) is 15.9 Å². The number of nitrogens with one attached hydrogen (secondary N) is 1. The van der Waals surface area contributed by atoms with Gasteiger partial charge in [0.2, 0.25) is 0 Å². The molecular weight excluding hydrogens is 208 g/mol. The molecule has 1 aliphatic rings. The Balaban J connectivity index is 1.58. The van der Waals surface area contributed by atoms with E-state index in [1.807, 2.05) is 6.92 Å². The summed E-state index contributed by atoms with van der Waals surface area (Å²) >= 11 is 1.68. The Bertz CT molecular complexity index is 295. The van der Waals surface area contributed by atoms with Crippen molar-refractivity contribution in [3.05, 3.63) is 12.0 Å². The van der Waals surface area contributed by atoms with Crippen LogP contribution in [0.3, 0.4) is 0 Å². The summed E-state index contributed by atoms with van der Waals surface area (Å²) in [5, 5.41) is 4.36. The van der Waals surface area contributed by atoms with E-state index in [4.69, 9.17) is 4.42 Å². The first-order chi connectivity index (χ1) is 7.34. The maximum Gasteiger partial charge on any atom is 0.255 e. The van der Waals surface area contributed by atoms with Crippen molar-refractivity contribution in [3.63, 3.8) is 0 Å². The normalized spacial score (nSPS) is 17.4. The molecule has 1 N–H and O–H groups in total. The van der Waals surface area contributed by atoms with Crippen molar-refractivity contribution < 1.29 is 4.42 Å². The van der Waals surface area contributed by atoms with E-state index in [-0.39, 0.29) is 0 Å². The highest BCUT2D eigenvalue weighted by Crippen LogP contribution is 2.19. The largest absolute Gasteiger partial charge is 0.440 e. The summed E-state index contributed by atoms with van der Waals surface area (Å²) in [5.41, 5.74) is 0.959. The fourth-order valence-corrected chi connectivity index (χ4v) is 2.65. The summed E-state index contributed by atoms with van der Waals surface area (Å²) in [6.45, 7) is 3.00. The Hall–Kier alpha value is -0.480. The number of hydrogen-bond donors (Lipinski definition) is 1. The Morgan fingerprint density at radius 2 is 2.33 bits per heavy atom. The molecule has 1 heterocycles. The van der Waals surface area contributed by atoms with Crippen LogP contribution in [0.5, 0.6) is 0 Å². The second-order valence-electron chi connectivity index (χ2n) is 4.04. The maximum absolute atomic E-state index is 5.26. The van der Waals surface area contributed by atoms with Crippen LogP contribution >= 0.6 is 11.8 Å². The molecule has 0 radical (unpaired) electrons. The fraction of sp³-hybridized carbons (Fsp3) is 0.727. The van der Waals surface area contributed by atoms with Gasteiger partial charge in [0.05, 0.1) is 5.69 Å². The molecule has 0 aromatic carbocycles. The van der Waals surface area contributed by atoms with Crippen molar-refractivity contribution in [2.24, 2.45) is 0 Å². The first-order valence-electron chi connectivity index (χ1n) is 5.63. The number of thioether (sulfide) groups is 1. The number of hydrogen-bond acceptors (Lipinski definition) is 4. The molecule has 0 bridgehead atoms. The standard InChI is InChI=1S/C11H18N2OS/c1-9-8-14-11(13-9)15-7-6-12-10-4-2-3-5-10/h8,10,12H,2-7H2,1H3. The molecule has 1 saturated carbocycles. The SMILES string of the molecule is Cc1coc(SCCNC2CCCC2)n1. The molecule has 0 atom stereocenters. The van der Waals surface area contributed by atoms with Gasteiger partial charge in [-0.3, -0.25) is 0 Å². The summed E-state index contributed by atoms with van der Waals surface area (Å²) in [4.78, 5) is 4.25. The summed E-state index contributed by atoms with van der Waals surface area (Å²) in [6.07, 6.45) is 7.19. The Kier molecular flexibility index (Phi) is 4.09. The minimum Gasteiger partial charge on any atom is -0.440 e. The molecule has 0 unspecified atom stereocenters. The third-order valence-corrected chi connectivity index (χ3v) is 3.56. The first-order valence-corrected chi connectivity index (χ1v) is 6.61. The molecule has 1 aromatic heterocycles. The van der Waals surface area contributed by atoms with Crippen LogP contribution in [0, 0.1) is 6.92 Å². The summed E-state index contributed by atoms with van der Waals surface area (Å²) < 4.78 is 5.26. The van der Waals surface area contributed by atoms with Gasteiger partial charge in [-0.15, -0.1) is 0 Å². The van der Waals surface area contributed by atoms with E-state index < -0.39 is 0 Å². The number of nitrogens with zero attached hydrogens (tertiary/aromatic N) is 1. The number of rotatable bonds is 5. The zero-order chi connectivity index (χ0) is 10.5. The number of aromatic nitrogens is 1. The molecule has 1 aliphatic carbocycles. The topological polar surface area (TPSA) is 38.1 Å². The van der Waals surface area contributed by atoms with Gasteiger partial charge in [-0.1, -0.05) is 24.6 Å². The van der Waals surface area contributed by atoms with Gasteiger partial charge in [-0.25, -0.2) is 4.98 Å². The average Bonchev–Trinajstić information content (AvgIpc) is 2.84. The monoisotopic (exact) mass is 226 g/mol. The van der Waals surface area contributed by atoms with Gasteiger partial charge in [0.15, 0.2) is 0 Å². The van der Waals surface area contributed by atoms with Crippen LogP contribution < -0.4 is 5.32 Å². The zero-order valence-corrected chi connectivity index (χ0v) is 9.98. The van der Waals surface area contributed by atoms with Crippen molar-refractivity contribution in [2.75, 3.05) is 12.3 Å². The molecular formula is C11H18N2OS. The minimum absolute atomic E-state index is 0.761. The molecule has 0 saturated heterocycles. The van der Waals surface area contributed by atoms with E-state index in [0.717, 1.165) is 29.3 Å². The van der Waals surface area contributed by atoms with Gasteiger partial charge in [-0.2, -0.15) is 0 Å². The van der Waals surface area contributed by atoms with Crippen LogP contribution in [0.2, 0.25) is 0 Å². The summed E-state index contributed by atoms with van der Waals surface area (Å²) in [7, 11) is 0. The van der Waals surface area contributed by atoms with E-state index >= 15 is 0 Å². The predicted molar refractivity (Wildman–Crippen MR) is 62.2 cm³/mol. The summed E-state index contributed by atoms with van der Waals surface area (Å²) in [6, 6.07) is 0.761. The van der Waals surface area contributed by atoms with Crippen LogP contribution in [-0.4, -0.2) is 23.3 Å². The van der Waals surface area contributed by atoms with Crippen LogP contribution in [0.1, 0.15) is 31.4 Å². The number of oxazole rings is 1. The van der Waals surface area contributed by atoms with Crippen LogP contribution in [-0.2, 0) is 0 Å². The van der Waals surface area contributed by atoms with Gasteiger partial charge in [0.1, 0.15) is 6.26 Å². The Labute approximate surface area is 95.0 Å². The van der Waals surface area contributed by atoms with E-state index in [1.54, 1.807) is 18.0 Å². The third kappa shape index (κ3) is 3.54. The quantitative estimate of drug-likeness (QED) is 0.618. The predicted octanol–water partition coefficient (Wildman–Crippen LogP) is 2.61. The molecule has 1 fully saturated rings. The highest BCUT2D eigenvalue weighted by molar-refractivity contribution is 7.99. The molecule has 15 heavy (non-hydrogen) atoms. The van der Waals surface area contributed by atoms with Crippen molar-refractivity contribution >= 4 is 11.8 Å². The highest BCUT2D eigenvalue weighted by atomic mass is 32.2. The van der Waals surface area contributed by atoms with Gasteiger partial charge in [-0.05, 0) is 19.8 Å². The lowest BCUT2D eigenvalue weighted by molar-refractivity contribution is 0.453. The summed E-state index contributed by atoms with van der Waals surface area (Å²) in [5.74, 6) is 1.04. The van der Waals surface area contributed by atoms with Crippen LogP contribution in [0.4, 0.5) is 0 Å². The number of aryl methyl sites for hydroxylation is 1. The van der Waals surface area contributed by atoms with Crippen molar-refractivity contribution in [1.82, 2.24) is 10.3 Å². The van der Waals surface area contributed by atoms with Crippen molar-refractivity contribution in [2.45, 2.75) is 43.9 Å². The molecule has 84 valence electrons. The van der Waals surface area contributed by atoms with Crippen molar-refractivity contribution in [1.29, 1.82) is 0 Å². The van der Waals surface area contributed by atoms with E-state index in [2.05, 4.69) is 10.3 Å². The molecule has 0 amide bonds. The average molecular weight is 226 g/mol. The van der Waals surface area contributed by atoms with E-state index in [1.165, 1.54) is 25.7 Å².